The fourth-order valence-electron chi connectivity index (χ4n) is 1.19. The lowest BCUT2D eigenvalue weighted by molar-refractivity contribution is 0.492. The van der Waals surface area contributed by atoms with E-state index in [2.05, 4.69) is 31.3 Å². The molecule has 0 fully saturated rings. The van der Waals surface area contributed by atoms with Crippen molar-refractivity contribution in [3.8, 4) is 0 Å². The number of nitrogens with zero attached hydrogens (tertiary/aromatic N) is 4. The van der Waals surface area contributed by atoms with Gasteiger partial charge in [0, 0.05) is 32.7 Å². The van der Waals surface area contributed by atoms with E-state index in [1.165, 1.54) is 0 Å². The molecule has 2 heterocycles. The van der Waals surface area contributed by atoms with E-state index < -0.39 is 0 Å². The number of rotatable bonds is 2. The number of aromatic nitrogens is 3. The smallest absolute Gasteiger partial charge is 0.185 e. The van der Waals surface area contributed by atoms with E-state index in [1.54, 1.807) is 6.20 Å². The molecule has 0 saturated heterocycles. The first kappa shape index (κ1) is 9.42. The zero-order chi connectivity index (χ0) is 10.1. The molecule has 2 aromatic rings. The molecule has 0 spiro atoms. The third-order valence-corrected chi connectivity index (χ3v) is 2.06. The van der Waals surface area contributed by atoms with Gasteiger partial charge in [-0.1, -0.05) is 0 Å². The van der Waals surface area contributed by atoms with Crippen LogP contribution in [0.15, 0.2) is 23.2 Å². The Balaban J connectivity index is 2.55. The van der Waals surface area contributed by atoms with Crippen LogP contribution in [0.1, 0.15) is 0 Å². The first-order chi connectivity index (χ1) is 6.66. The second kappa shape index (κ2) is 3.55. The Bertz CT molecular complexity index is 450. The SMILES string of the molecule is CN(C)Nc1nc(Br)cn2ccnc12. The Kier molecular flexibility index (Phi) is 2.39. The molecule has 14 heavy (non-hydrogen) atoms. The maximum absolute atomic E-state index is 4.29. The minimum absolute atomic E-state index is 0.731. The summed E-state index contributed by atoms with van der Waals surface area (Å²) in [5, 5.41) is 1.82. The van der Waals surface area contributed by atoms with Gasteiger partial charge < -0.3 is 9.83 Å². The molecule has 6 heteroatoms. The number of nitrogens with one attached hydrogen (secondary N) is 1. The molecule has 74 valence electrons. The Morgan fingerprint density at radius 3 is 3.00 bits per heavy atom. The fourth-order valence-corrected chi connectivity index (χ4v) is 1.59. The first-order valence-electron chi connectivity index (χ1n) is 4.10. The van der Waals surface area contributed by atoms with E-state index in [9.17, 15) is 0 Å². The van der Waals surface area contributed by atoms with Crippen LogP contribution in [-0.2, 0) is 0 Å². The van der Waals surface area contributed by atoms with Crippen molar-refractivity contribution in [2.24, 2.45) is 0 Å². The topological polar surface area (TPSA) is 45.5 Å². The second-order valence-electron chi connectivity index (χ2n) is 3.08. The molecule has 0 aliphatic carbocycles. The summed E-state index contributed by atoms with van der Waals surface area (Å²) in [5.41, 5.74) is 3.89. The van der Waals surface area contributed by atoms with Crippen molar-refractivity contribution in [1.82, 2.24) is 19.4 Å². The Hall–Kier alpha value is -1.14. The third kappa shape index (κ3) is 1.71. The molecule has 0 amide bonds. The molecule has 0 aliphatic heterocycles. The van der Waals surface area contributed by atoms with Gasteiger partial charge in [0.2, 0.25) is 0 Å². The maximum atomic E-state index is 4.29. The van der Waals surface area contributed by atoms with E-state index in [-0.39, 0.29) is 0 Å². The lowest BCUT2D eigenvalue weighted by Crippen LogP contribution is -2.21. The predicted octanol–water partition coefficient (Wildman–Crippen LogP) is 1.38. The lowest BCUT2D eigenvalue weighted by atomic mass is 10.6. The third-order valence-electron chi connectivity index (χ3n) is 1.67. The number of hydrazine groups is 1. The van der Waals surface area contributed by atoms with Crippen LogP contribution in [0.5, 0.6) is 0 Å². The first-order valence-corrected chi connectivity index (χ1v) is 4.89. The maximum Gasteiger partial charge on any atom is 0.185 e. The highest BCUT2D eigenvalue weighted by Gasteiger charge is 2.05. The van der Waals surface area contributed by atoms with Gasteiger partial charge in [-0.3, -0.25) is 0 Å². The molecule has 0 radical (unpaired) electrons. The number of hydrogen-bond acceptors (Lipinski definition) is 4. The summed E-state index contributed by atoms with van der Waals surface area (Å²) < 4.78 is 2.68. The number of anilines is 1. The van der Waals surface area contributed by atoms with Gasteiger partial charge in [0.25, 0.3) is 0 Å². The van der Waals surface area contributed by atoms with Crippen molar-refractivity contribution in [2.75, 3.05) is 19.5 Å². The molecule has 2 aromatic heterocycles. The van der Waals surface area contributed by atoms with Gasteiger partial charge in [-0.2, -0.15) is 0 Å². The highest BCUT2D eigenvalue weighted by molar-refractivity contribution is 9.10. The molecule has 0 atom stereocenters. The average Bonchev–Trinajstić information content (AvgIpc) is 2.50. The van der Waals surface area contributed by atoms with Gasteiger partial charge in [-0.25, -0.2) is 15.0 Å². The van der Waals surface area contributed by atoms with Crippen LogP contribution in [0.3, 0.4) is 0 Å². The van der Waals surface area contributed by atoms with Crippen LogP contribution in [0.2, 0.25) is 0 Å². The van der Waals surface area contributed by atoms with E-state index in [4.69, 9.17) is 0 Å². The monoisotopic (exact) mass is 255 g/mol. The molecule has 2 rings (SSSR count). The largest absolute Gasteiger partial charge is 0.301 e. The predicted molar refractivity (Wildman–Crippen MR) is 58.0 cm³/mol. The molecular formula is C8H10BrN5. The van der Waals surface area contributed by atoms with Crippen LogP contribution in [0, 0.1) is 0 Å². The van der Waals surface area contributed by atoms with E-state index in [1.807, 2.05) is 35.9 Å². The number of imidazole rings is 1. The average molecular weight is 256 g/mol. The van der Waals surface area contributed by atoms with E-state index in [0.29, 0.717) is 0 Å². The van der Waals surface area contributed by atoms with Gasteiger partial charge in [-0.15, -0.1) is 0 Å². The van der Waals surface area contributed by atoms with Crippen molar-refractivity contribution in [3.63, 3.8) is 0 Å². The van der Waals surface area contributed by atoms with Gasteiger partial charge in [-0.05, 0) is 15.9 Å². The zero-order valence-corrected chi connectivity index (χ0v) is 9.48. The van der Waals surface area contributed by atoms with Gasteiger partial charge in [0.1, 0.15) is 4.60 Å². The van der Waals surface area contributed by atoms with Crippen LogP contribution in [0.4, 0.5) is 5.82 Å². The fraction of sp³-hybridized carbons (Fsp3) is 0.250. The van der Waals surface area contributed by atoms with Crippen LogP contribution < -0.4 is 5.43 Å². The van der Waals surface area contributed by atoms with Crippen molar-refractivity contribution >= 4 is 27.4 Å². The summed E-state index contributed by atoms with van der Waals surface area (Å²) in [5.74, 6) is 0.731. The number of hydrogen-bond donors (Lipinski definition) is 1. The number of halogens is 1. The molecular weight excluding hydrogens is 246 g/mol. The standard InChI is InChI=1S/C8H10BrN5/c1-13(2)12-7-8-10-3-4-14(8)5-6(9)11-7/h3-5H,1-2H3,(H,11,12). The van der Waals surface area contributed by atoms with Crippen molar-refractivity contribution in [1.29, 1.82) is 0 Å². The highest BCUT2D eigenvalue weighted by Crippen LogP contribution is 2.16. The molecule has 0 saturated carbocycles. The van der Waals surface area contributed by atoms with Crippen LogP contribution >= 0.6 is 15.9 Å². The minimum atomic E-state index is 0.731. The quantitative estimate of drug-likeness (QED) is 0.824. The van der Waals surface area contributed by atoms with Crippen LogP contribution in [0.25, 0.3) is 5.65 Å². The molecule has 0 aliphatic rings. The highest BCUT2D eigenvalue weighted by atomic mass is 79.9. The summed E-state index contributed by atoms with van der Waals surface area (Å²) in [7, 11) is 3.81. The molecule has 5 nitrogen and oxygen atoms in total. The zero-order valence-electron chi connectivity index (χ0n) is 7.90. The van der Waals surface area contributed by atoms with Crippen molar-refractivity contribution in [3.05, 3.63) is 23.2 Å². The summed E-state index contributed by atoms with van der Waals surface area (Å²) in [6.45, 7) is 0. The Labute approximate surface area is 89.9 Å². The van der Waals surface area contributed by atoms with Crippen LogP contribution in [-0.4, -0.2) is 33.5 Å². The Morgan fingerprint density at radius 2 is 2.29 bits per heavy atom. The lowest BCUT2D eigenvalue weighted by Gasteiger charge is -2.13. The summed E-state index contributed by atoms with van der Waals surface area (Å²) in [6, 6.07) is 0. The van der Waals surface area contributed by atoms with E-state index in [0.717, 1.165) is 16.1 Å². The normalized spacial score (nSPS) is 11.1. The van der Waals surface area contributed by atoms with Gasteiger partial charge >= 0.3 is 0 Å². The van der Waals surface area contributed by atoms with Crippen molar-refractivity contribution in [2.45, 2.75) is 0 Å². The van der Waals surface area contributed by atoms with Crippen molar-refractivity contribution < 1.29 is 0 Å². The second-order valence-corrected chi connectivity index (χ2v) is 3.89. The molecule has 0 unspecified atom stereocenters. The van der Waals surface area contributed by atoms with Gasteiger partial charge in [0.15, 0.2) is 11.5 Å². The summed E-state index contributed by atoms with van der Waals surface area (Å²) in [4.78, 5) is 8.50. The molecule has 0 aromatic carbocycles. The summed E-state index contributed by atoms with van der Waals surface area (Å²) in [6.07, 6.45) is 5.48. The summed E-state index contributed by atoms with van der Waals surface area (Å²) >= 11 is 3.34. The number of fused-ring (bicyclic) bond motifs is 1. The van der Waals surface area contributed by atoms with E-state index >= 15 is 0 Å². The molecule has 1 N–H and O–H groups in total. The van der Waals surface area contributed by atoms with Gasteiger partial charge in [0.05, 0.1) is 0 Å². The minimum Gasteiger partial charge on any atom is -0.301 e. The molecule has 0 bridgehead atoms. The Morgan fingerprint density at radius 1 is 1.50 bits per heavy atom.